The van der Waals surface area contributed by atoms with E-state index in [1.807, 2.05) is 24.3 Å². The van der Waals surface area contributed by atoms with E-state index in [-0.39, 0.29) is 5.82 Å². The van der Waals surface area contributed by atoms with Crippen LogP contribution in [0.3, 0.4) is 0 Å². The van der Waals surface area contributed by atoms with Crippen molar-refractivity contribution in [2.45, 2.75) is 0 Å². The summed E-state index contributed by atoms with van der Waals surface area (Å²) in [5.41, 5.74) is 3.13. The number of halogens is 1. The molecule has 16 heavy (non-hydrogen) atoms. The third kappa shape index (κ3) is 1.37. The van der Waals surface area contributed by atoms with Gasteiger partial charge in [0.25, 0.3) is 0 Å². The lowest BCUT2D eigenvalue weighted by Crippen LogP contribution is -1.83. The zero-order valence-electron chi connectivity index (χ0n) is 8.37. The summed E-state index contributed by atoms with van der Waals surface area (Å²) in [4.78, 5) is 6.89. The van der Waals surface area contributed by atoms with Crippen LogP contribution >= 0.6 is 0 Å². The highest BCUT2D eigenvalue weighted by Gasteiger charge is 2.05. The Morgan fingerprint density at radius 3 is 2.88 bits per heavy atom. The van der Waals surface area contributed by atoms with Gasteiger partial charge in [0.1, 0.15) is 5.82 Å². The van der Waals surface area contributed by atoms with Gasteiger partial charge < -0.3 is 4.98 Å². The van der Waals surface area contributed by atoms with Crippen LogP contribution in [-0.4, -0.2) is 9.97 Å². The summed E-state index contributed by atoms with van der Waals surface area (Å²) in [5, 5.41) is 0. The normalized spacial score (nSPS) is 10.8. The quantitative estimate of drug-likeness (QED) is 0.658. The van der Waals surface area contributed by atoms with Crippen molar-refractivity contribution in [1.82, 2.24) is 9.97 Å². The Morgan fingerprint density at radius 2 is 2.00 bits per heavy atom. The molecule has 1 N–H and O–H groups in total. The third-order valence-electron chi connectivity index (χ3n) is 2.55. The highest BCUT2D eigenvalue weighted by atomic mass is 19.1. The van der Waals surface area contributed by atoms with Gasteiger partial charge in [0, 0.05) is 5.56 Å². The standard InChI is InChI=1S/C13H8FN2/c14-11-4-2-1-3-10(11)9-5-6-12-13(7-9)16-8-15-12/h1-7H,(H,15,16). The fourth-order valence-corrected chi connectivity index (χ4v) is 1.74. The van der Waals surface area contributed by atoms with Gasteiger partial charge in [0.15, 0.2) is 6.33 Å². The van der Waals surface area contributed by atoms with Gasteiger partial charge in [-0.2, -0.15) is 0 Å². The molecule has 1 aromatic heterocycles. The van der Waals surface area contributed by atoms with Crippen molar-refractivity contribution in [3.05, 3.63) is 54.6 Å². The van der Waals surface area contributed by atoms with E-state index in [0.717, 1.165) is 16.6 Å². The lowest BCUT2D eigenvalue weighted by Gasteiger charge is -2.02. The number of nitrogens with one attached hydrogen (secondary N) is 1. The molecule has 0 aliphatic rings. The van der Waals surface area contributed by atoms with Crippen LogP contribution in [0.25, 0.3) is 22.2 Å². The van der Waals surface area contributed by atoms with Crippen LogP contribution in [0.1, 0.15) is 0 Å². The number of benzene rings is 2. The Morgan fingerprint density at radius 1 is 1.12 bits per heavy atom. The molecule has 3 heteroatoms. The summed E-state index contributed by atoms with van der Waals surface area (Å²) in [5.74, 6) is -0.217. The summed E-state index contributed by atoms with van der Waals surface area (Å²) < 4.78 is 13.6. The van der Waals surface area contributed by atoms with Crippen LogP contribution in [0.5, 0.6) is 0 Å². The smallest absolute Gasteiger partial charge is 0.174 e. The molecular formula is C13H8FN2. The van der Waals surface area contributed by atoms with Gasteiger partial charge in [-0.25, -0.2) is 9.37 Å². The van der Waals surface area contributed by atoms with Crippen molar-refractivity contribution >= 4 is 11.0 Å². The zero-order valence-corrected chi connectivity index (χ0v) is 8.37. The predicted octanol–water partition coefficient (Wildman–Crippen LogP) is 3.17. The van der Waals surface area contributed by atoms with Gasteiger partial charge in [0.2, 0.25) is 0 Å². The summed E-state index contributed by atoms with van der Waals surface area (Å²) in [6, 6.07) is 12.3. The molecule has 0 unspecified atom stereocenters. The van der Waals surface area contributed by atoms with Crippen LogP contribution in [0.2, 0.25) is 0 Å². The molecule has 2 nitrogen and oxygen atoms in total. The van der Waals surface area contributed by atoms with Crippen molar-refractivity contribution < 1.29 is 4.39 Å². The molecule has 0 spiro atoms. The van der Waals surface area contributed by atoms with Crippen molar-refractivity contribution in [3.8, 4) is 11.1 Å². The first-order valence-corrected chi connectivity index (χ1v) is 4.95. The Labute approximate surface area is 91.8 Å². The molecule has 1 heterocycles. The minimum Gasteiger partial charge on any atom is -0.335 e. The van der Waals surface area contributed by atoms with E-state index in [2.05, 4.69) is 16.3 Å². The first kappa shape index (κ1) is 9.09. The molecule has 3 rings (SSSR count). The second-order valence-electron chi connectivity index (χ2n) is 3.56. The van der Waals surface area contributed by atoms with Crippen LogP contribution in [0.15, 0.2) is 42.5 Å². The molecule has 0 atom stereocenters. The van der Waals surface area contributed by atoms with E-state index < -0.39 is 0 Å². The first-order chi connectivity index (χ1) is 7.84. The van der Waals surface area contributed by atoms with Gasteiger partial charge in [-0.05, 0) is 23.8 Å². The molecule has 0 fully saturated rings. The molecule has 0 bridgehead atoms. The predicted molar refractivity (Wildman–Crippen MR) is 60.3 cm³/mol. The fraction of sp³-hybridized carbons (Fsp3) is 0. The molecule has 3 aromatic rings. The van der Waals surface area contributed by atoms with Gasteiger partial charge in [-0.3, -0.25) is 0 Å². The highest BCUT2D eigenvalue weighted by molar-refractivity contribution is 5.81. The molecule has 0 aliphatic carbocycles. The Bertz CT molecular complexity index is 643. The topological polar surface area (TPSA) is 28.7 Å². The van der Waals surface area contributed by atoms with E-state index in [1.54, 1.807) is 12.1 Å². The molecule has 77 valence electrons. The van der Waals surface area contributed by atoms with Crippen molar-refractivity contribution in [3.63, 3.8) is 0 Å². The number of H-pyrrole nitrogens is 1. The molecule has 0 saturated heterocycles. The lowest BCUT2D eigenvalue weighted by atomic mass is 10.0. The van der Waals surface area contributed by atoms with Crippen molar-refractivity contribution in [1.29, 1.82) is 0 Å². The monoisotopic (exact) mass is 211 g/mol. The number of nitrogens with zero attached hydrogens (tertiary/aromatic N) is 1. The fourth-order valence-electron chi connectivity index (χ4n) is 1.74. The number of aromatic amines is 1. The van der Waals surface area contributed by atoms with Gasteiger partial charge in [-0.1, -0.05) is 24.3 Å². The number of aromatic nitrogens is 2. The average molecular weight is 211 g/mol. The number of fused-ring (bicyclic) bond motifs is 1. The maximum absolute atomic E-state index is 13.6. The third-order valence-corrected chi connectivity index (χ3v) is 2.55. The van der Waals surface area contributed by atoms with Crippen LogP contribution < -0.4 is 0 Å². The molecule has 0 saturated carbocycles. The molecular weight excluding hydrogens is 203 g/mol. The molecule has 2 aromatic carbocycles. The van der Waals surface area contributed by atoms with E-state index in [4.69, 9.17) is 0 Å². The number of hydrogen-bond acceptors (Lipinski definition) is 1. The summed E-state index contributed by atoms with van der Waals surface area (Å²) in [6.07, 6.45) is 2.66. The number of imidazole rings is 1. The first-order valence-electron chi connectivity index (χ1n) is 4.95. The summed E-state index contributed by atoms with van der Waals surface area (Å²) in [6.45, 7) is 0. The number of hydrogen-bond donors (Lipinski definition) is 1. The maximum Gasteiger partial charge on any atom is 0.174 e. The molecule has 0 aliphatic heterocycles. The lowest BCUT2D eigenvalue weighted by molar-refractivity contribution is 0.631. The van der Waals surface area contributed by atoms with Crippen LogP contribution in [0, 0.1) is 12.1 Å². The Kier molecular flexibility index (Phi) is 1.96. The van der Waals surface area contributed by atoms with E-state index in [9.17, 15) is 4.39 Å². The van der Waals surface area contributed by atoms with Gasteiger partial charge in [0.05, 0.1) is 11.0 Å². The minimum absolute atomic E-state index is 0.217. The van der Waals surface area contributed by atoms with Gasteiger partial charge in [-0.15, -0.1) is 0 Å². The van der Waals surface area contributed by atoms with Gasteiger partial charge >= 0.3 is 0 Å². The maximum atomic E-state index is 13.6. The number of rotatable bonds is 1. The second kappa shape index (κ2) is 3.45. The minimum atomic E-state index is -0.217. The van der Waals surface area contributed by atoms with Crippen molar-refractivity contribution in [2.75, 3.05) is 0 Å². The SMILES string of the molecule is Fc1ccccc1-c1ccc2n[c][nH]c2c1. The van der Waals surface area contributed by atoms with E-state index in [1.165, 1.54) is 6.07 Å². The summed E-state index contributed by atoms with van der Waals surface area (Å²) in [7, 11) is 0. The Balaban J connectivity index is 2.22. The van der Waals surface area contributed by atoms with Crippen LogP contribution in [0.4, 0.5) is 4.39 Å². The molecule has 0 amide bonds. The van der Waals surface area contributed by atoms with E-state index in [0.29, 0.717) is 5.56 Å². The Hall–Kier alpha value is -2.16. The summed E-state index contributed by atoms with van der Waals surface area (Å²) >= 11 is 0. The molecule has 1 radical (unpaired) electrons. The van der Waals surface area contributed by atoms with Crippen molar-refractivity contribution in [2.24, 2.45) is 0 Å². The van der Waals surface area contributed by atoms with E-state index >= 15 is 0 Å². The average Bonchev–Trinajstić information content (AvgIpc) is 2.76. The van der Waals surface area contributed by atoms with Crippen LogP contribution in [-0.2, 0) is 0 Å². The highest BCUT2D eigenvalue weighted by Crippen LogP contribution is 2.24. The largest absolute Gasteiger partial charge is 0.335 e. The zero-order chi connectivity index (χ0) is 11.0. The second-order valence-corrected chi connectivity index (χ2v) is 3.56.